The van der Waals surface area contributed by atoms with Crippen molar-refractivity contribution >= 4 is 27.7 Å². The summed E-state index contributed by atoms with van der Waals surface area (Å²) in [5, 5.41) is 0. The van der Waals surface area contributed by atoms with E-state index in [1.807, 2.05) is 22.7 Å². The van der Waals surface area contributed by atoms with Gasteiger partial charge in [-0.15, -0.1) is 0 Å². The summed E-state index contributed by atoms with van der Waals surface area (Å²) in [7, 11) is 0. The zero-order valence-corrected chi connectivity index (χ0v) is 10.2. The fraction of sp³-hybridized carbons (Fsp3) is 0.273. The minimum Gasteiger partial charge on any atom is -0.302 e. The number of carbonyl (C=O) groups excluding carboxylic acids is 1. The molecule has 0 saturated carbocycles. The van der Waals surface area contributed by atoms with Gasteiger partial charge in [-0.05, 0) is 28.1 Å². The minimum absolute atomic E-state index is 0.292. The van der Waals surface area contributed by atoms with Gasteiger partial charge < -0.3 is 4.40 Å². The zero-order valence-electron chi connectivity index (χ0n) is 8.57. The van der Waals surface area contributed by atoms with Crippen molar-refractivity contribution in [1.82, 2.24) is 9.38 Å². The van der Waals surface area contributed by atoms with Gasteiger partial charge >= 0.3 is 0 Å². The Labute approximate surface area is 96.3 Å². The van der Waals surface area contributed by atoms with Gasteiger partial charge in [0.15, 0.2) is 6.29 Å². The van der Waals surface area contributed by atoms with Crippen LogP contribution in [0.1, 0.15) is 36.1 Å². The smallest absolute Gasteiger partial charge is 0.170 e. The van der Waals surface area contributed by atoms with E-state index in [0.717, 1.165) is 22.1 Å². The quantitative estimate of drug-likeness (QED) is 0.784. The lowest BCUT2D eigenvalue weighted by Gasteiger charge is -2.03. The second-order valence-corrected chi connectivity index (χ2v) is 4.65. The van der Waals surface area contributed by atoms with E-state index in [2.05, 4.69) is 34.8 Å². The number of hydrogen-bond acceptors (Lipinski definition) is 2. The maximum Gasteiger partial charge on any atom is 0.170 e. The predicted octanol–water partition coefficient (Wildman–Crippen LogP) is 3.03. The monoisotopic (exact) mass is 266 g/mol. The molecule has 0 atom stereocenters. The highest BCUT2D eigenvalue weighted by atomic mass is 79.9. The van der Waals surface area contributed by atoms with Crippen LogP contribution in [0.3, 0.4) is 0 Å². The minimum atomic E-state index is 0.292. The third kappa shape index (κ3) is 1.69. The van der Waals surface area contributed by atoms with Gasteiger partial charge in [-0.1, -0.05) is 13.8 Å². The molecule has 0 unspecified atom stereocenters. The second-order valence-electron chi connectivity index (χ2n) is 3.73. The molecular formula is C11H11BrN2O. The molecule has 0 aliphatic heterocycles. The Kier molecular flexibility index (Phi) is 2.61. The molecule has 0 bridgehead atoms. The van der Waals surface area contributed by atoms with Crippen LogP contribution in [-0.2, 0) is 0 Å². The molecule has 0 N–H and O–H groups in total. The SMILES string of the molecule is CC(C)c1nc(C=O)c2ccc(Br)cn12. The number of hydrogen-bond donors (Lipinski definition) is 0. The summed E-state index contributed by atoms with van der Waals surface area (Å²) in [5.74, 6) is 1.20. The molecule has 3 nitrogen and oxygen atoms in total. The van der Waals surface area contributed by atoms with Gasteiger partial charge in [-0.25, -0.2) is 4.98 Å². The van der Waals surface area contributed by atoms with Crippen molar-refractivity contribution in [3.05, 3.63) is 34.3 Å². The fourth-order valence-corrected chi connectivity index (χ4v) is 1.94. The number of aromatic nitrogens is 2. The summed E-state index contributed by atoms with van der Waals surface area (Å²) in [6, 6.07) is 3.81. The second kappa shape index (κ2) is 3.77. The number of carbonyl (C=O) groups is 1. The molecule has 0 radical (unpaired) electrons. The lowest BCUT2D eigenvalue weighted by Crippen LogP contribution is -1.96. The number of aldehydes is 1. The van der Waals surface area contributed by atoms with Gasteiger partial charge in [-0.3, -0.25) is 4.79 Å². The molecule has 2 aromatic heterocycles. The fourth-order valence-electron chi connectivity index (χ4n) is 1.60. The lowest BCUT2D eigenvalue weighted by molar-refractivity contribution is 0.112. The summed E-state index contributed by atoms with van der Waals surface area (Å²) in [4.78, 5) is 15.2. The van der Waals surface area contributed by atoms with Crippen LogP contribution >= 0.6 is 15.9 Å². The molecule has 0 saturated heterocycles. The first-order valence-corrected chi connectivity index (χ1v) is 5.55. The number of fused-ring (bicyclic) bond motifs is 1. The highest BCUT2D eigenvalue weighted by Crippen LogP contribution is 2.21. The average Bonchev–Trinajstić information content (AvgIpc) is 2.55. The van der Waals surface area contributed by atoms with Crippen molar-refractivity contribution in [2.24, 2.45) is 0 Å². The van der Waals surface area contributed by atoms with Gasteiger partial charge in [0.05, 0.1) is 5.52 Å². The summed E-state index contributed by atoms with van der Waals surface area (Å²) >= 11 is 3.41. The standard InChI is InChI=1S/C11H11BrN2O/c1-7(2)11-13-9(6-15)10-4-3-8(12)5-14(10)11/h3-7H,1-2H3. The molecule has 78 valence electrons. The van der Waals surface area contributed by atoms with Crippen LogP contribution in [0.25, 0.3) is 5.52 Å². The molecule has 0 aliphatic carbocycles. The molecule has 4 heteroatoms. The van der Waals surface area contributed by atoms with E-state index < -0.39 is 0 Å². The van der Waals surface area contributed by atoms with E-state index in [1.165, 1.54) is 0 Å². The predicted molar refractivity (Wildman–Crippen MR) is 62.4 cm³/mol. The topological polar surface area (TPSA) is 34.4 Å². The Morgan fingerprint density at radius 3 is 2.80 bits per heavy atom. The first kappa shape index (κ1) is 10.4. The summed E-state index contributed by atoms with van der Waals surface area (Å²) in [5.41, 5.74) is 1.36. The van der Waals surface area contributed by atoms with Crippen molar-refractivity contribution in [3.8, 4) is 0 Å². The largest absolute Gasteiger partial charge is 0.302 e. The van der Waals surface area contributed by atoms with Crippen LogP contribution in [0.4, 0.5) is 0 Å². The van der Waals surface area contributed by atoms with E-state index >= 15 is 0 Å². The van der Waals surface area contributed by atoms with E-state index in [0.29, 0.717) is 11.6 Å². The summed E-state index contributed by atoms with van der Waals surface area (Å²) in [6.07, 6.45) is 2.74. The lowest BCUT2D eigenvalue weighted by atomic mass is 10.2. The Bertz CT molecular complexity index is 517. The van der Waals surface area contributed by atoms with E-state index in [4.69, 9.17) is 0 Å². The molecule has 0 aliphatic rings. The van der Waals surface area contributed by atoms with Crippen LogP contribution in [0.5, 0.6) is 0 Å². The van der Waals surface area contributed by atoms with E-state index in [1.54, 1.807) is 0 Å². The number of halogens is 1. The van der Waals surface area contributed by atoms with Crippen molar-refractivity contribution in [2.75, 3.05) is 0 Å². The maximum atomic E-state index is 10.9. The van der Waals surface area contributed by atoms with Crippen molar-refractivity contribution in [1.29, 1.82) is 0 Å². The molecule has 0 aromatic carbocycles. The molecule has 2 heterocycles. The number of imidazole rings is 1. The summed E-state index contributed by atoms with van der Waals surface area (Å²) < 4.78 is 2.94. The maximum absolute atomic E-state index is 10.9. The van der Waals surface area contributed by atoms with Gasteiger partial charge in [0.2, 0.25) is 0 Å². The highest BCUT2D eigenvalue weighted by Gasteiger charge is 2.12. The third-order valence-electron chi connectivity index (χ3n) is 2.28. The van der Waals surface area contributed by atoms with Crippen LogP contribution in [0, 0.1) is 0 Å². The van der Waals surface area contributed by atoms with Crippen molar-refractivity contribution < 1.29 is 4.79 Å². The third-order valence-corrected chi connectivity index (χ3v) is 2.75. The Morgan fingerprint density at radius 2 is 2.20 bits per heavy atom. The van der Waals surface area contributed by atoms with E-state index in [9.17, 15) is 4.79 Å². The molecular weight excluding hydrogens is 256 g/mol. The molecule has 0 fully saturated rings. The average molecular weight is 267 g/mol. The highest BCUT2D eigenvalue weighted by molar-refractivity contribution is 9.10. The van der Waals surface area contributed by atoms with Crippen molar-refractivity contribution in [2.45, 2.75) is 19.8 Å². The van der Waals surface area contributed by atoms with Gasteiger partial charge in [-0.2, -0.15) is 0 Å². The van der Waals surface area contributed by atoms with Gasteiger partial charge in [0.25, 0.3) is 0 Å². The molecule has 0 amide bonds. The zero-order chi connectivity index (χ0) is 11.0. The normalized spacial score (nSPS) is 11.2. The molecule has 2 rings (SSSR count). The Morgan fingerprint density at radius 1 is 1.47 bits per heavy atom. The molecule has 15 heavy (non-hydrogen) atoms. The van der Waals surface area contributed by atoms with E-state index in [-0.39, 0.29) is 0 Å². The van der Waals surface area contributed by atoms with Gasteiger partial charge in [0, 0.05) is 16.6 Å². The molecule has 0 spiro atoms. The van der Waals surface area contributed by atoms with Crippen LogP contribution < -0.4 is 0 Å². The van der Waals surface area contributed by atoms with Crippen LogP contribution in [-0.4, -0.2) is 15.7 Å². The number of pyridine rings is 1. The molecule has 2 aromatic rings. The Hall–Kier alpha value is -1.16. The first-order valence-electron chi connectivity index (χ1n) is 4.76. The van der Waals surface area contributed by atoms with Crippen LogP contribution in [0.2, 0.25) is 0 Å². The van der Waals surface area contributed by atoms with Gasteiger partial charge in [0.1, 0.15) is 11.5 Å². The number of nitrogens with zero attached hydrogens (tertiary/aromatic N) is 2. The first-order chi connectivity index (χ1) is 7.13. The Balaban J connectivity index is 2.81. The number of rotatable bonds is 2. The van der Waals surface area contributed by atoms with Crippen molar-refractivity contribution in [3.63, 3.8) is 0 Å². The summed E-state index contributed by atoms with van der Waals surface area (Å²) in [6.45, 7) is 4.12. The van der Waals surface area contributed by atoms with Crippen LogP contribution in [0.15, 0.2) is 22.8 Å².